The molecule has 1 aromatic carbocycles. The van der Waals surface area contributed by atoms with Crippen molar-refractivity contribution in [3.8, 4) is 17.2 Å². The molecule has 1 aliphatic rings. The lowest BCUT2D eigenvalue weighted by Crippen LogP contribution is -2.42. The molecule has 0 bridgehead atoms. The summed E-state index contributed by atoms with van der Waals surface area (Å²) in [4.78, 5) is 0. The van der Waals surface area contributed by atoms with Gasteiger partial charge < -0.3 is 5.73 Å². The van der Waals surface area contributed by atoms with Crippen LogP contribution in [0.5, 0.6) is 0 Å². The quantitative estimate of drug-likeness (QED) is 0.936. The Hall–Kier alpha value is -2.12. The molecule has 1 aromatic heterocycles. The van der Waals surface area contributed by atoms with Gasteiger partial charge in [0.2, 0.25) is 0 Å². The number of nitrogens with two attached hydrogens (primary N) is 1. The Bertz CT molecular complexity index is 640. The number of rotatable bonds is 4. The SMILES string of the molecule is N#CC1(N)CCCC1CCn1cc(-c2ccccc2)cn1. The van der Waals surface area contributed by atoms with Gasteiger partial charge in [-0.1, -0.05) is 36.8 Å². The van der Waals surface area contributed by atoms with Gasteiger partial charge in [-0.05, 0) is 30.7 Å². The second-order valence-corrected chi connectivity index (χ2v) is 5.89. The number of nitriles is 1. The van der Waals surface area contributed by atoms with E-state index in [0.717, 1.165) is 37.8 Å². The fraction of sp³-hybridized carbons (Fsp3) is 0.412. The fourth-order valence-corrected chi connectivity index (χ4v) is 3.21. The van der Waals surface area contributed by atoms with Crippen molar-refractivity contribution >= 4 is 0 Å². The number of aryl methyl sites for hydroxylation is 1. The Labute approximate surface area is 125 Å². The molecule has 0 aliphatic heterocycles. The summed E-state index contributed by atoms with van der Waals surface area (Å²) in [6.45, 7) is 0.818. The molecule has 0 saturated heterocycles. The van der Waals surface area contributed by atoms with Crippen LogP contribution < -0.4 is 5.73 Å². The van der Waals surface area contributed by atoms with Crippen LogP contribution in [-0.4, -0.2) is 15.3 Å². The predicted octanol–water partition coefficient (Wildman–Crippen LogP) is 2.96. The maximum Gasteiger partial charge on any atom is 0.107 e. The summed E-state index contributed by atoms with van der Waals surface area (Å²) in [6, 6.07) is 12.5. The average Bonchev–Trinajstić information content (AvgIpc) is 3.13. The molecular weight excluding hydrogens is 260 g/mol. The molecule has 1 fully saturated rings. The van der Waals surface area contributed by atoms with E-state index >= 15 is 0 Å². The van der Waals surface area contributed by atoms with E-state index in [1.54, 1.807) is 0 Å². The first-order valence-corrected chi connectivity index (χ1v) is 7.49. The molecule has 4 nitrogen and oxygen atoms in total. The van der Waals surface area contributed by atoms with Gasteiger partial charge in [-0.3, -0.25) is 4.68 Å². The lowest BCUT2D eigenvalue weighted by atomic mass is 9.87. The van der Waals surface area contributed by atoms with Crippen LogP contribution >= 0.6 is 0 Å². The maximum atomic E-state index is 9.25. The number of hydrogen-bond acceptors (Lipinski definition) is 3. The lowest BCUT2D eigenvalue weighted by Gasteiger charge is -2.23. The van der Waals surface area contributed by atoms with Gasteiger partial charge in [-0.25, -0.2) is 0 Å². The lowest BCUT2D eigenvalue weighted by molar-refractivity contribution is 0.346. The topological polar surface area (TPSA) is 67.6 Å². The molecule has 2 aromatic rings. The van der Waals surface area contributed by atoms with Crippen LogP contribution in [0.2, 0.25) is 0 Å². The third-order valence-electron chi connectivity index (χ3n) is 4.53. The fourth-order valence-electron chi connectivity index (χ4n) is 3.21. The molecule has 4 heteroatoms. The smallest absolute Gasteiger partial charge is 0.107 e. The Morgan fingerprint density at radius 3 is 2.90 bits per heavy atom. The third kappa shape index (κ3) is 2.84. The van der Waals surface area contributed by atoms with Crippen molar-refractivity contribution in [1.82, 2.24) is 9.78 Å². The molecule has 0 spiro atoms. The molecule has 0 radical (unpaired) electrons. The summed E-state index contributed by atoms with van der Waals surface area (Å²) in [6.07, 6.45) is 7.81. The second kappa shape index (κ2) is 5.71. The van der Waals surface area contributed by atoms with Gasteiger partial charge in [0.1, 0.15) is 5.54 Å². The van der Waals surface area contributed by atoms with E-state index in [1.165, 1.54) is 5.56 Å². The molecule has 2 N–H and O–H groups in total. The third-order valence-corrected chi connectivity index (χ3v) is 4.53. The first-order chi connectivity index (χ1) is 10.2. The van der Waals surface area contributed by atoms with Crippen molar-refractivity contribution in [3.05, 3.63) is 42.7 Å². The zero-order valence-electron chi connectivity index (χ0n) is 12.1. The molecule has 1 aliphatic carbocycles. The number of hydrogen-bond donors (Lipinski definition) is 1. The van der Waals surface area contributed by atoms with Crippen molar-refractivity contribution in [2.75, 3.05) is 0 Å². The first-order valence-electron chi connectivity index (χ1n) is 7.49. The van der Waals surface area contributed by atoms with Crippen LogP contribution in [0.3, 0.4) is 0 Å². The number of nitrogens with zero attached hydrogens (tertiary/aromatic N) is 3. The normalized spacial score (nSPS) is 24.9. The highest BCUT2D eigenvalue weighted by Gasteiger charge is 2.39. The highest BCUT2D eigenvalue weighted by Crippen LogP contribution is 2.35. The van der Waals surface area contributed by atoms with Crippen molar-refractivity contribution in [3.63, 3.8) is 0 Å². The van der Waals surface area contributed by atoms with Gasteiger partial charge in [0.15, 0.2) is 0 Å². The van der Waals surface area contributed by atoms with Crippen LogP contribution in [0.1, 0.15) is 25.7 Å². The van der Waals surface area contributed by atoms with Gasteiger partial charge in [0, 0.05) is 18.3 Å². The summed E-state index contributed by atoms with van der Waals surface area (Å²) in [5, 5.41) is 13.7. The summed E-state index contributed by atoms with van der Waals surface area (Å²) < 4.78 is 1.96. The molecule has 1 heterocycles. The standard InChI is InChI=1S/C17H20N4/c18-13-17(19)9-4-7-16(17)8-10-21-12-15(11-20-21)14-5-2-1-3-6-14/h1-3,5-6,11-12,16H,4,7-10,19H2. The van der Waals surface area contributed by atoms with Crippen LogP contribution in [0.15, 0.2) is 42.7 Å². The minimum Gasteiger partial charge on any atom is -0.313 e. The van der Waals surface area contributed by atoms with Crippen LogP contribution in [0, 0.1) is 17.2 Å². The monoisotopic (exact) mass is 280 g/mol. The molecule has 2 atom stereocenters. The maximum absolute atomic E-state index is 9.25. The van der Waals surface area contributed by atoms with Gasteiger partial charge in [-0.15, -0.1) is 0 Å². The van der Waals surface area contributed by atoms with Crippen molar-refractivity contribution in [2.45, 2.75) is 37.8 Å². The van der Waals surface area contributed by atoms with Gasteiger partial charge >= 0.3 is 0 Å². The largest absolute Gasteiger partial charge is 0.313 e. The highest BCUT2D eigenvalue weighted by atomic mass is 15.3. The minimum atomic E-state index is -0.630. The van der Waals surface area contributed by atoms with E-state index in [1.807, 2.05) is 29.1 Å². The zero-order chi connectivity index (χ0) is 14.7. The van der Waals surface area contributed by atoms with Crippen LogP contribution in [0.25, 0.3) is 11.1 Å². The van der Waals surface area contributed by atoms with Crippen LogP contribution in [0.4, 0.5) is 0 Å². The first kappa shape index (κ1) is 13.8. The number of benzene rings is 1. The highest BCUT2D eigenvalue weighted by molar-refractivity contribution is 5.61. The van der Waals surface area contributed by atoms with E-state index in [4.69, 9.17) is 5.73 Å². The minimum absolute atomic E-state index is 0.284. The van der Waals surface area contributed by atoms with Crippen molar-refractivity contribution < 1.29 is 0 Å². The van der Waals surface area contributed by atoms with E-state index in [9.17, 15) is 5.26 Å². The Morgan fingerprint density at radius 2 is 2.14 bits per heavy atom. The molecule has 1 saturated carbocycles. The molecular formula is C17H20N4. The van der Waals surface area contributed by atoms with Crippen LogP contribution in [-0.2, 0) is 6.54 Å². The van der Waals surface area contributed by atoms with Crippen molar-refractivity contribution in [1.29, 1.82) is 5.26 Å². The van der Waals surface area contributed by atoms with Gasteiger partial charge in [0.05, 0.1) is 12.3 Å². The summed E-state index contributed by atoms with van der Waals surface area (Å²) in [5.41, 5.74) is 7.84. The summed E-state index contributed by atoms with van der Waals surface area (Å²) in [5.74, 6) is 0.284. The molecule has 21 heavy (non-hydrogen) atoms. The van der Waals surface area contributed by atoms with Gasteiger partial charge in [0.25, 0.3) is 0 Å². The number of aromatic nitrogens is 2. The molecule has 2 unspecified atom stereocenters. The van der Waals surface area contributed by atoms with Crippen molar-refractivity contribution in [2.24, 2.45) is 11.7 Å². The molecule has 3 rings (SSSR count). The van der Waals surface area contributed by atoms with E-state index in [2.05, 4.69) is 29.5 Å². The summed E-state index contributed by atoms with van der Waals surface area (Å²) >= 11 is 0. The molecule has 0 amide bonds. The Morgan fingerprint density at radius 1 is 1.33 bits per heavy atom. The van der Waals surface area contributed by atoms with E-state index in [-0.39, 0.29) is 5.92 Å². The second-order valence-electron chi connectivity index (χ2n) is 5.89. The average molecular weight is 280 g/mol. The van der Waals surface area contributed by atoms with Gasteiger partial charge in [-0.2, -0.15) is 10.4 Å². The Balaban J connectivity index is 1.65. The summed E-state index contributed by atoms with van der Waals surface area (Å²) in [7, 11) is 0. The van der Waals surface area contributed by atoms with E-state index < -0.39 is 5.54 Å². The predicted molar refractivity (Wildman–Crippen MR) is 82.2 cm³/mol. The molecule has 108 valence electrons. The zero-order valence-corrected chi connectivity index (χ0v) is 12.1. The van der Waals surface area contributed by atoms with E-state index in [0.29, 0.717) is 0 Å². The Kier molecular flexibility index (Phi) is 3.76.